The summed E-state index contributed by atoms with van der Waals surface area (Å²) in [5.74, 6) is -0.287. The van der Waals surface area contributed by atoms with Crippen molar-refractivity contribution < 1.29 is 4.79 Å². The van der Waals surface area contributed by atoms with Crippen LogP contribution in [0.5, 0.6) is 0 Å². The predicted molar refractivity (Wildman–Crippen MR) is 57.3 cm³/mol. The fourth-order valence-corrected chi connectivity index (χ4v) is 0.970. The first kappa shape index (κ1) is 14.7. The van der Waals surface area contributed by atoms with Gasteiger partial charge >= 0.3 is 0 Å². The third-order valence-electron chi connectivity index (χ3n) is 1.61. The Labute approximate surface area is 81.4 Å². The SMILES string of the molecule is CC.CCC[C@@H](CC)NC(=O)C=N. The van der Waals surface area contributed by atoms with Gasteiger partial charge in [-0.25, -0.2) is 0 Å². The van der Waals surface area contributed by atoms with Gasteiger partial charge in [-0.15, -0.1) is 0 Å². The Hall–Kier alpha value is -0.860. The summed E-state index contributed by atoms with van der Waals surface area (Å²) >= 11 is 0. The lowest BCUT2D eigenvalue weighted by atomic mass is 10.1. The number of hydrogen-bond acceptors (Lipinski definition) is 2. The van der Waals surface area contributed by atoms with Crippen LogP contribution in [0.4, 0.5) is 0 Å². The molecule has 13 heavy (non-hydrogen) atoms. The van der Waals surface area contributed by atoms with Crippen molar-refractivity contribution in [2.45, 2.75) is 53.0 Å². The van der Waals surface area contributed by atoms with Gasteiger partial charge in [-0.1, -0.05) is 34.1 Å². The summed E-state index contributed by atoms with van der Waals surface area (Å²) in [6, 6.07) is 0.245. The molecule has 0 aromatic carbocycles. The molecule has 3 nitrogen and oxygen atoms in total. The first-order chi connectivity index (χ1) is 6.24. The average Bonchev–Trinajstić information content (AvgIpc) is 2.20. The van der Waals surface area contributed by atoms with Crippen molar-refractivity contribution in [2.75, 3.05) is 0 Å². The van der Waals surface area contributed by atoms with Crippen molar-refractivity contribution in [3.8, 4) is 0 Å². The predicted octanol–water partition coefficient (Wildman–Crippen LogP) is 2.36. The van der Waals surface area contributed by atoms with Gasteiger partial charge in [0.05, 0.1) is 6.21 Å². The van der Waals surface area contributed by atoms with Gasteiger partial charge < -0.3 is 10.7 Å². The van der Waals surface area contributed by atoms with Crippen LogP contribution in [0.3, 0.4) is 0 Å². The Morgan fingerprint density at radius 1 is 1.46 bits per heavy atom. The van der Waals surface area contributed by atoms with E-state index in [-0.39, 0.29) is 11.9 Å². The highest BCUT2D eigenvalue weighted by Crippen LogP contribution is 1.99. The van der Waals surface area contributed by atoms with Crippen molar-refractivity contribution in [2.24, 2.45) is 0 Å². The zero-order chi connectivity index (χ0) is 10.7. The molecule has 0 saturated heterocycles. The molecular formula is C10H22N2O. The van der Waals surface area contributed by atoms with E-state index in [1.165, 1.54) is 0 Å². The zero-order valence-electron chi connectivity index (χ0n) is 9.18. The van der Waals surface area contributed by atoms with Gasteiger partial charge in [0.25, 0.3) is 5.91 Å². The summed E-state index contributed by atoms with van der Waals surface area (Å²) < 4.78 is 0. The number of hydrogen-bond donors (Lipinski definition) is 2. The smallest absolute Gasteiger partial charge is 0.261 e. The third kappa shape index (κ3) is 9.05. The van der Waals surface area contributed by atoms with E-state index >= 15 is 0 Å². The summed E-state index contributed by atoms with van der Waals surface area (Å²) in [6.07, 6.45) is 3.82. The van der Waals surface area contributed by atoms with Crippen LogP contribution in [0.25, 0.3) is 0 Å². The normalized spacial score (nSPS) is 10.8. The number of amides is 1. The van der Waals surface area contributed by atoms with E-state index in [0.717, 1.165) is 25.5 Å². The van der Waals surface area contributed by atoms with Crippen LogP contribution in [0.15, 0.2) is 0 Å². The largest absolute Gasteiger partial charge is 0.349 e. The highest BCUT2D eigenvalue weighted by molar-refractivity contribution is 6.24. The molecule has 3 heteroatoms. The highest BCUT2D eigenvalue weighted by Gasteiger charge is 2.05. The molecule has 0 radical (unpaired) electrons. The molecule has 0 heterocycles. The van der Waals surface area contributed by atoms with Crippen molar-refractivity contribution in [1.82, 2.24) is 5.32 Å². The molecule has 0 unspecified atom stereocenters. The van der Waals surface area contributed by atoms with Crippen LogP contribution >= 0.6 is 0 Å². The molecule has 78 valence electrons. The molecule has 1 atom stereocenters. The molecule has 0 aliphatic carbocycles. The molecule has 0 rings (SSSR count). The van der Waals surface area contributed by atoms with E-state index in [0.29, 0.717) is 0 Å². The van der Waals surface area contributed by atoms with E-state index in [9.17, 15) is 4.79 Å². The second kappa shape index (κ2) is 11.1. The Bertz CT molecular complexity index is 135. The van der Waals surface area contributed by atoms with Gasteiger partial charge in [-0.2, -0.15) is 0 Å². The van der Waals surface area contributed by atoms with Gasteiger partial charge in [0.1, 0.15) is 0 Å². The van der Waals surface area contributed by atoms with E-state index in [4.69, 9.17) is 5.41 Å². The average molecular weight is 186 g/mol. The lowest BCUT2D eigenvalue weighted by Crippen LogP contribution is -2.34. The summed E-state index contributed by atoms with van der Waals surface area (Å²) in [6.45, 7) is 8.11. The standard InChI is InChI=1S/C8H16N2O.C2H6/c1-3-5-7(4-2)10-8(11)6-9;1-2/h6-7,9H,3-5H2,1-2H3,(H,10,11);1-2H3/t7-;/m1./s1. The zero-order valence-corrected chi connectivity index (χ0v) is 9.18. The molecule has 2 N–H and O–H groups in total. The Morgan fingerprint density at radius 3 is 2.31 bits per heavy atom. The summed E-state index contributed by atoms with van der Waals surface area (Å²) in [4.78, 5) is 10.7. The molecule has 0 saturated carbocycles. The fourth-order valence-electron chi connectivity index (χ4n) is 0.970. The molecule has 0 aromatic rings. The van der Waals surface area contributed by atoms with Crippen LogP contribution < -0.4 is 5.32 Å². The maximum absolute atomic E-state index is 10.7. The van der Waals surface area contributed by atoms with Crippen LogP contribution in [0.2, 0.25) is 0 Å². The molecule has 0 fully saturated rings. The second-order valence-corrected chi connectivity index (χ2v) is 2.55. The Balaban J connectivity index is 0. The summed E-state index contributed by atoms with van der Waals surface area (Å²) in [5, 5.41) is 9.41. The monoisotopic (exact) mass is 186 g/mol. The summed E-state index contributed by atoms with van der Waals surface area (Å²) in [5.41, 5.74) is 0. The maximum atomic E-state index is 10.7. The minimum atomic E-state index is -0.287. The number of nitrogens with one attached hydrogen (secondary N) is 2. The first-order valence-electron chi connectivity index (χ1n) is 5.05. The molecule has 0 bridgehead atoms. The van der Waals surface area contributed by atoms with E-state index in [1.807, 2.05) is 20.8 Å². The minimum Gasteiger partial charge on any atom is -0.349 e. The van der Waals surface area contributed by atoms with Gasteiger partial charge in [-0.05, 0) is 12.8 Å². The quantitative estimate of drug-likeness (QED) is 0.636. The number of carbonyl (C=O) groups excluding carboxylic acids is 1. The van der Waals surface area contributed by atoms with Crippen LogP contribution in [0.1, 0.15) is 47.0 Å². The van der Waals surface area contributed by atoms with Crippen LogP contribution in [-0.4, -0.2) is 18.2 Å². The van der Waals surface area contributed by atoms with Gasteiger partial charge in [-0.3, -0.25) is 4.79 Å². The fraction of sp³-hybridized carbons (Fsp3) is 0.800. The molecule has 1 amide bonds. The molecule has 0 spiro atoms. The van der Waals surface area contributed by atoms with Crippen molar-refractivity contribution in [1.29, 1.82) is 5.41 Å². The molecule has 0 aromatic heterocycles. The van der Waals surface area contributed by atoms with E-state index in [2.05, 4.69) is 12.2 Å². The van der Waals surface area contributed by atoms with Gasteiger partial charge in [0, 0.05) is 6.04 Å². The third-order valence-corrected chi connectivity index (χ3v) is 1.61. The Kier molecular flexibility index (Phi) is 12.6. The molecule has 0 aliphatic rings. The minimum absolute atomic E-state index is 0.245. The lowest BCUT2D eigenvalue weighted by Gasteiger charge is -2.13. The topological polar surface area (TPSA) is 53.0 Å². The van der Waals surface area contributed by atoms with Crippen molar-refractivity contribution >= 4 is 12.1 Å². The van der Waals surface area contributed by atoms with Crippen molar-refractivity contribution in [3.05, 3.63) is 0 Å². The van der Waals surface area contributed by atoms with Gasteiger partial charge in [0.15, 0.2) is 0 Å². The van der Waals surface area contributed by atoms with Crippen LogP contribution in [-0.2, 0) is 4.79 Å². The van der Waals surface area contributed by atoms with E-state index in [1.54, 1.807) is 0 Å². The van der Waals surface area contributed by atoms with E-state index < -0.39 is 0 Å². The molecule has 0 aliphatic heterocycles. The lowest BCUT2D eigenvalue weighted by molar-refractivity contribution is -0.115. The summed E-state index contributed by atoms with van der Waals surface area (Å²) in [7, 11) is 0. The maximum Gasteiger partial charge on any atom is 0.261 e. The number of carbonyl (C=O) groups is 1. The van der Waals surface area contributed by atoms with Crippen molar-refractivity contribution in [3.63, 3.8) is 0 Å². The number of rotatable bonds is 5. The second-order valence-electron chi connectivity index (χ2n) is 2.55. The molecular weight excluding hydrogens is 164 g/mol. The van der Waals surface area contributed by atoms with Gasteiger partial charge in [0.2, 0.25) is 0 Å². The highest BCUT2D eigenvalue weighted by atomic mass is 16.1. The first-order valence-corrected chi connectivity index (χ1v) is 5.05. The Morgan fingerprint density at radius 2 is 2.00 bits per heavy atom. The van der Waals surface area contributed by atoms with Crippen LogP contribution in [0, 0.1) is 5.41 Å².